The van der Waals surface area contributed by atoms with Gasteiger partial charge in [-0.2, -0.15) is 20.3 Å². The van der Waals surface area contributed by atoms with Gasteiger partial charge in [-0.3, -0.25) is 13.9 Å². The largest absolute Gasteiger partial charge is 0.479 e. The molecule has 15 nitrogen and oxygen atoms in total. The number of aliphatic hydroxyl groups is 1. The van der Waals surface area contributed by atoms with Crippen molar-refractivity contribution in [2.75, 3.05) is 19.5 Å². The standard InChI is InChI=1S/C26H34N7O8P/c1-6-17(23(35)39-15(2)3)32-42(36,41-16-10-8-7-9-11-16)38-12-18-20(34)26(4,13-27)24(40-18)33-14-29-19-21(33)30-25(28)31-22(19)37-5/h7-11,14-15,17-18,20,24,34H,6,12H2,1-5H3,(H,32,36)(H2,28,30,31)/t17-,18+,20+,24+,26+,42?/m0/s1. The number of nitrogens with one attached hydrogen (secondary N) is 1. The summed E-state index contributed by atoms with van der Waals surface area (Å²) in [5.74, 6) is -0.389. The second-order valence-corrected chi connectivity index (χ2v) is 11.7. The minimum Gasteiger partial charge on any atom is -0.479 e. The highest BCUT2D eigenvalue weighted by atomic mass is 31.2. The van der Waals surface area contributed by atoms with E-state index in [0.717, 1.165) is 0 Å². The number of methoxy groups -OCH3 is 1. The number of imidazole rings is 1. The quantitative estimate of drug-likeness (QED) is 0.201. The number of nitriles is 1. The van der Waals surface area contributed by atoms with Gasteiger partial charge in [-0.25, -0.2) is 9.55 Å². The van der Waals surface area contributed by atoms with Crippen LogP contribution in [-0.4, -0.2) is 68.7 Å². The molecular weight excluding hydrogens is 569 g/mol. The number of carbonyl (C=O) groups is 1. The summed E-state index contributed by atoms with van der Waals surface area (Å²) < 4.78 is 43.5. The lowest BCUT2D eigenvalue weighted by molar-refractivity contribution is -0.149. The van der Waals surface area contributed by atoms with Crippen molar-refractivity contribution in [2.45, 2.75) is 64.7 Å². The Morgan fingerprint density at radius 1 is 1.33 bits per heavy atom. The van der Waals surface area contributed by atoms with Crippen molar-refractivity contribution in [1.82, 2.24) is 24.6 Å². The third-order valence-electron chi connectivity index (χ3n) is 6.61. The molecule has 1 aromatic carbocycles. The molecule has 2 aromatic heterocycles. The van der Waals surface area contributed by atoms with Gasteiger partial charge in [0.2, 0.25) is 11.8 Å². The number of benzene rings is 1. The van der Waals surface area contributed by atoms with Crippen LogP contribution in [0.2, 0.25) is 0 Å². The van der Waals surface area contributed by atoms with E-state index in [1.54, 1.807) is 51.1 Å². The molecule has 0 radical (unpaired) electrons. The number of nitrogen functional groups attached to an aromatic ring is 1. The van der Waals surface area contributed by atoms with Gasteiger partial charge in [0, 0.05) is 0 Å². The number of aromatic nitrogens is 4. The van der Waals surface area contributed by atoms with Crippen LogP contribution < -0.4 is 20.1 Å². The first-order valence-corrected chi connectivity index (χ1v) is 14.7. The van der Waals surface area contributed by atoms with Gasteiger partial charge < -0.3 is 29.6 Å². The normalized spacial score (nSPS) is 24.2. The molecule has 0 bridgehead atoms. The minimum absolute atomic E-state index is 0.0928. The van der Waals surface area contributed by atoms with Crippen molar-refractivity contribution in [3.8, 4) is 17.7 Å². The minimum atomic E-state index is -4.27. The van der Waals surface area contributed by atoms with Crippen LogP contribution >= 0.6 is 7.75 Å². The summed E-state index contributed by atoms with van der Waals surface area (Å²) in [7, 11) is -2.87. The van der Waals surface area contributed by atoms with Gasteiger partial charge in [-0.05, 0) is 39.3 Å². The molecular formula is C26H34N7O8P. The average Bonchev–Trinajstić information content (AvgIpc) is 3.48. The van der Waals surface area contributed by atoms with Gasteiger partial charge in [0.15, 0.2) is 17.4 Å². The van der Waals surface area contributed by atoms with Crippen molar-refractivity contribution in [3.63, 3.8) is 0 Å². The number of nitrogens with zero attached hydrogens (tertiary/aromatic N) is 5. The van der Waals surface area contributed by atoms with E-state index in [2.05, 4.69) is 26.1 Å². The SMILES string of the molecule is CC[C@H](NP(=O)(OC[C@H]1O[C@@H](n2cnc3c(OC)nc(N)nc32)[C@](C)(C#N)[C@@H]1O)Oc1ccccc1)C(=O)OC(C)C. The highest BCUT2D eigenvalue weighted by Crippen LogP contribution is 2.49. The lowest BCUT2D eigenvalue weighted by atomic mass is 9.84. The second kappa shape index (κ2) is 12.6. The number of carbonyl (C=O) groups excluding carboxylic acids is 1. The maximum atomic E-state index is 14.0. The van der Waals surface area contributed by atoms with Crippen LogP contribution in [0.3, 0.4) is 0 Å². The van der Waals surface area contributed by atoms with Crippen molar-refractivity contribution < 1.29 is 37.7 Å². The van der Waals surface area contributed by atoms with Crippen LogP contribution in [0.5, 0.6) is 11.6 Å². The summed E-state index contributed by atoms with van der Waals surface area (Å²) >= 11 is 0. The highest BCUT2D eigenvalue weighted by Gasteiger charge is 2.56. The molecule has 6 atom stereocenters. The van der Waals surface area contributed by atoms with Gasteiger partial charge in [-0.1, -0.05) is 25.1 Å². The van der Waals surface area contributed by atoms with Crippen molar-refractivity contribution in [1.29, 1.82) is 5.26 Å². The molecule has 1 unspecified atom stereocenters. The topological polar surface area (TPSA) is 206 Å². The summed E-state index contributed by atoms with van der Waals surface area (Å²) in [6.45, 7) is 6.13. The number of hydrogen-bond donors (Lipinski definition) is 3. The molecule has 4 N–H and O–H groups in total. The summed E-state index contributed by atoms with van der Waals surface area (Å²) in [6.07, 6.45) is -2.49. The average molecular weight is 604 g/mol. The third-order valence-corrected chi connectivity index (χ3v) is 8.18. The molecule has 16 heteroatoms. The Labute approximate surface area is 242 Å². The fraction of sp³-hybridized carbons (Fsp3) is 0.500. The number of ether oxygens (including phenoxy) is 3. The van der Waals surface area contributed by atoms with Crippen LogP contribution in [0.15, 0.2) is 36.7 Å². The van der Waals surface area contributed by atoms with Crippen LogP contribution in [-0.2, 0) is 23.4 Å². The van der Waals surface area contributed by atoms with E-state index in [0.29, 0.717) is 0 Å². The number of anilines is 1. The molecule has 1 aliphatic rings. The smallest absolute Gasteiger partial charge is 0.459 e. The van der Waals surface area contributed by atoms with E-state index in [1.807, 2.05) is 0 Å². The predicted octanol–water partition coefficient (Wildman–Crippen LogP) is 2.73. The van der Waals surface area contributed by atoms with Crippen LogP contribution in [0.4, 0.5) is 5.95 Å². The van der Waals surface area contributed by atoms with Crippen molar-refractivity contribution >= 4 is 30.8 Å². The molecule has 0 aliphatic carbocycles. The van der Waals surface area contributed by atoms with Gasteiger partial charge >= 0.3 is 13.7 Å². The Bertz CT molecular complexity index is 1500. The molecule has 226 valence electrons. The number of hydrogen-bond acceptors (Lipinski definition) is 13. The Kier molecular flexibility index (Phi) is 9.34. The number of aliphatic hydroxyl groups excluding tert-OH is 1. The van der Waals surface area contributed by atoms with E-state index in [-0.39, 0.29) is 35.2 Å². The fourth-order valence-corrected chi connectivity index (χ4v) is 6.03. The number of nitrogens with two attached hydrogens (primary N) is 1. The van der Waals surface area contributed by atoms with Crippen LogP contribution in [0.25, 0.3) is 11.2 Å². The zero-order chi connectivity index (χ0) is 30.7. The Hall–Kier alpha value is -3.80. The van der Waals surface area contributed by atoms with E-state index >= 15 is 0 Å². The molecule has 42 heavy (non-hydrogen) atoms. The fourth-order valence-electron chi connectivity index (χ4n) is 4.44. The van der Waals surface area contributed by atoms with Gasteiger partial charge in [0.25, 0.3) is 0 Å². The monoisotopic (exact) mass is 603 g/mol. The number of fused-ring (bicyclic) bond motifs is 1. The predicted molar refractivity (Wildman–Crippen MR) is 149 cm³/mol. The van der Waals surface area contributed by atoms with E-state index in [1.165, 1.54) is 24.9 Å². The maximum Gasteiger partial charge on any atom is 0.459 e. The second-order valence-electron chi connectivity index (χ2n) is 10.1. The lowest BCUT2D eigenvalue weighted by Gasteiger charge is -2.26. The summed E-state index contributed by atoms with van der Waals surface area (Å²) in [5.41, 5.74) is 4.80. The van der Waals surface area contributed by atoms with Crippen LogP contribution in [0, 0.1) is 16.7 Å². The molecule has 0 spiro atoms. The maximum absolute atomic E-state index is 14.0. The van der Waals surface area contributed by atoms with E-state index in [9.17, 15) is 19.7 Å². The molecule has 1 saturated heterocycles. The number of rotatable bonds is 12. The highest BCUT2D eigenvalue weighted by molar-refractivity contribution is 7.52. The van der Waals surface area contributed by atoms with E-state index < -0.39 is 56.3 Å². The molecule has 0 saturated carbocycles. The zero-order valence-corrected chi connectivity index (χ0v) is 24.7. The third kappa shape index (κ3) is 6.33. The summed E-state index contributed by atoms with van der Waals surface area (Å²) in [5, 5.41) is 24.0. The van der Waals surface area contributed by atoms with Gasteiger partial charge in [0.1, 0.15) is 29.4 Å². The molecule has 1 fully saturated rings. The summed E-state index contributed by atoms with van der Waals surface area (Å²) in [4.78, 5) is 25.1. The molecule has 0 amide bonds. The Morgan fingerprint density at radius 2 is 2.05 bits per heavy atom. The molecule has 4 rings (SSSR count). The zero-order valence-electron chi connectivity index (χ0n) is 23.8. The first-order chi connectivity index (χ1) is 19.9. The first-order valence-electron chi connectivity index (χ1n) is 13.2. The molecule has 1 aliphatic heterocycles. The van der Waals surface area contributed by atoms with Crippen molar-refractivity contribution in [3.05, 3.63) is 36.7 Å². The van der Waals surface area contributed by atoms with E-state index in [4.69, 9.17) is 29.0 Å². The Morgan fingerprint density at radius 3 is 2.67 bits per heavy atom. The van der Waals surface area contributed by atoms with Gasteiger partial charge in [0.05, 0.1) is 32.2 Å². The van der Waals surface area contributed by atoms with Crippen LogP contribution in [0.1, 0.15) is 40.3 Å². The molecule has 3 heterocycles. The molecule has 3 aromatic rings. The first kappa shape index (κ1) is 31.1. The number of para-hydroxylation sites is 1. The van der Waals surface area contributed by atoms with Gasteiger partial charge in [-0.15, -0.1) is 0 Å². The summed E-state index contributed by atoms with van der Waals surface area (Å²) in [6, 6.07) is 9.34. The Balaban J connectivity index is 1.61. The van der Waals surface area contributed by atoms with Crippen molar-refractivity contribution in [2.24, 2.45) is 5.41 Å². The lowest BCUT2D eigenvalue weighted by Crippen LogP contribution is -2.40. The number of esters is 1.